The number of hydrogen-bond acceptors (Lipinski definition) is 8. The SMILES string of the molecule is CC(C)(C)OC(=O)N1C[C@@H](NC(=O)c2ccc(C(=O)N[C@H]3C[C@@H](C(=O)N[C@@H]4CCCc5ccccc54)N(C(=O)OC(C)(C)C)C3)cc2)C[C@H]1C(=O)N[C@@H]1CCCc2ccccc21. The van der Waals surface area contributed by atoms with Crippen molar-refractivity contribution >= 4 is 35.8 Å². The highest BCUT2D eigenvalue weighted by molar-refractivity contribution is 5.98. The van der Waals surface area contributed by atoms with Crippen LogP contribution >= 0.6 is 0 Å². The first-order chi connectivity index (χ1) is 29.4. The largest absolute Gasteiger partial charge is 0.444 e. The van der Waals surface area contributed by atoms with Crippen LogP contribution in [0, 0.1) is 0 Å². The standard InChI is InChI=1S/C48H60N6O8/c1-47(2,3)61-45(59)53-27-33(25-39(53)43(57)51-37-19-11-15-29-13-7-9-17-35(29)37)49-41(55)31-21-23-32(24-22-31)42(56)50-34-26-40(54(28-34)46(60)62-48(4,5)6)44(58)52-38-20-12-16-30-14-8-10-18-36(30)38/h7-10,13-14,17-18,21-24,33-34,37-40H,11-12,15-16,19-20,25-28H2,1-6H3,(H,49,55)(H,50,56)(H,51,57)(H,52,58)/t33-,34-,37+,38+,39-,40-/m0/s1. The molecule has 2 fully saturated rings. The molecule has 4 N–H and O–H groups in total. The van der Waals surface area contributed by atoms with Crippen molar-refractivity contribution in [3.8, 4) is 0 Å². The van der Waals surface area contributed by atoms with E-state index >= 15 is 0 Å². The summed E-state index contributed by atoms with van der Waals surface area (Å²) >= 11 is 0. The number of carbonyl (C=O) groups excluding carboxylic acids is 6. The second kappa shape index (κ2) is 18.2. The van der Waals surface area contributed by atoms with Crippen molar-refractivity contribution in [3.63, 3.8) is 0 Å². The number of aryl methyl sites for hydroxylation is 2. The number of hydrogen-bond donors (Lipinski definition) is 4. The smallest absolute Gasteiger partial charge is 0.411 e. The van der Waals surface area contributed by atoms with E-state index in [-0.39, 0.29) is 61.0 Å². The van der Waals surface area contributed by atoms with Crippen LogP contribution in [0.1, 0.15) is 135 Å². The van der Waals surface area contributed by atoms with E-state index in [0.29, 0.717) is 0 Å². The topological polar surface area (TPSA) is 175 Å². The molecule has 3 aromatic rings. The lowest BCUT2D eigenvalue weighted by Crippen LogP contribution is -2.48. The van der Waals surface area contributed by atoms with Crippen LogP contribution in [0.25, 0.3) is 0 Å². The summed E-state index contributed by atoms with van der Waals surface area (Å²) in [6, 6.07) is 19.1. The number of carbonyl (C=O) groups is 6. The fourth-order valence-electron chi connectivity index (χ4n) is 9.08. The van der Waals surface area contributed by atoms with Crippen LogP contribution < -0.4 is 21.3 Å². The number of rotatable bonds is 8. The summed E-state index contributed by atoms with van der Waals surface area (Å²) in [7, 11) is 0. The fourth-order valence-corrected chi connectivity index (χ4v) is 9.08. The minimum atomic E-state index is -0.855. The van der Waals surface area contributed by atoms with E-state index in [9.17, 15) is 28.8 Å². The van der Waals surface area contributed by atoms with Gasteiger partial charge in [0.1, 0.15) is 23.3 Å². The lowest BCUT2D eigenvalue weighted by Gasteiger charge is -2.31. The minimum absolute atomic E-state index is 0.0785. The molecule has 0 radical (unpaired) electrons. The van der Waals surface area contributed by atoms with Gasteiger partial charge in [0.2, 0.25) is 11.8 Å². The molecule has 2 heterocycles. The molecule has 3 aromatic carbocycles. The summed E-state index contributed by atoms with van der Waals surface area (Å²) < 4.78 is 11.4. The van der Waals surface area contributed by atoms with Crippen LogP contribution in [0.2, 0.25) is 0 Å². The Bertz CT molecular complexity index is 2030. The first kappa shape index (κ1) is 44.1. The summed E-state index contributed by atoms with van der Waals surface area (Å²) in [5.41, 5.74) is 3.56. The van der Waals surface area contributed by atoms with Gasteiger partial charge in [0.05, 0.1) is 12.1 Å². The maximum atomic E-state index is 13.9. The number of nitrogens with zero attached hydrogens (tertiary/aromatic N) is 2. The fraction of sp³-hybridized carbons (Fsp3) is 0.500. The molecule has 7 rings (SSSR count). The van der Waals surface area contributed by atoms with Crippen LogP contribution in [0.3, 0.4) is 0 Å². The average molecular weight is 849 g/mol. The van der Waals surface area contributed by atoms with Gasteiger partial charge >= 0.3 is 12.2 Å². The predicted molar refractivity (Wildman–Crippen MR) is 232 cm³/mol. The van der Waals surface area contributed by atoms with Gasteiger partial charge < -0.3 is 30.7 Å². The van der Waals surface area contributed by atoms with Crippen LogP contribution in [0.15, 0.2) is 72.8 Å². The third kappa shape index (κ3) is 10.6. The second-order valence-electron chi connectivity index (χ2n) is 19.0. The van der Waals surface area contributed by atoms with Gasteiger partial charge in [0, 0.05) is 36.3 Å². The number of likely N-dealkylation sites (tertiary alicyclic amines) is 2. The molecular formula is C48H60N6O8. The molecule has 62 heavy (non-hydrogen) atoms. The molecule has 0 saturated carbocycles. The third-order valence-corrected chi connectivity index (χ3v) is 11.9. The number of amides is 6. The molecule has 14 nitrogen and oxygen atoms in total. The van der Waals surface area contributed by atoms with Crippen molar-refractivity contribution in [2.24, 2.45) is 0 Å². The number of nitrogens with one attached hydrogen (secondary N) is 4. The first-order valence-electron chi connectivity index (χ1n) is 21.9. The molecule has 330 valence electrons. The van der Waals surface area contributed by atoms with Gasteiger partial charge in [-0.2, -0.15) is 0 Å². The van der Waals surface area contributed by atoms with Gasteiger partial charge in [-0.15, -0.1) is 0 Å². The Morgan fingerprint density at radius 1 is 0.532 bits per heavy atom. The van der Waals surface area contributed by atoms with Gasteiger partial charge in [-0.25, -0.2) is 9.59 Å². The zero-order valence-electron chi connectivity index (χ0n) is 36.6. The Labute approximate surface area is 363 Å². The Morgan fingerprint density at radius 2 is 0.903 bits per heavy atom. The highest BCUT2D eigenvalue weighted by atomic mass is 16.6. The van der Waals surface area contributed by atoms with Crippen LogP contribution in [0.5, 0.6) is 0 Å². The number of fused-ring (bicyclic) bond motifs is 2. The molecule has 0 unspecified atom stereocenters. The van der Waals surface area contributed by atoms with E-state index in [1.807, 2.05) is 36.4 Å². The average Bonchev–Trinajstić information content (AvgIpc) is 3.85. The van der Waals surface area contributed by atoms with Gasteiger partial charge in [-0.05, 0) is 139 Å². The van der Waals surface area contributed by atoms with E-state index in [2.05, 4.69) is 33.4 Å². The maximum absolute atomic E-state index is 13.9. The van der Waals surface area contributed by atoms with E-state index in [1.54, 1.807) is 41.5 Å². The van der Waals surface area contributed by atoms with Crippen molar-refractivity contribution in [3.05, 3.63) is 106 Å². The highest BCUT2D eigenvalue weighted by Crippen LogP contribution is 2.32. The summed E-state index contributed by atoms with van der Waals surface area (Å²) in [5.74, 6) is -1.45. The predicted octanol–water partition coefficient (Wildman–Crippen LogP) is 6.29. The normalized spacial score (nSPS) is 23.3. The van der Waals surface area contributed by atoms with E-state index < -0.39 is 59.4 Å². The minimum Gasteiger partial charge on any atom is -0.444 e. The molecule has 14 heteroatoms. The maximum Gasteiger partial charge on any atom is 0.411 e. The summed E-state index contributed by atoms with van der Waals surface area (Å²) in [5, 5.41) is 12.3. The Balaban J connectivity index is 0.980. The van der Waals surface area contributed by atoms with E-state index in [4.69, 9.17) is 9.47 Å². The van der Waals surface area contributed by atoms with Gasteiger partial charge in [-0.1, -0.05) is 48.5 Å². The number of ether oxygens (including phenoxy) is 2. The van der Waals surface area contributed by atoms with Gasteiger partial charge in [0.25, 0.3) is 11.8 Å². The zero-order chi connectivity index (χ0) is 44.3. The van der Waals surface area contributed by atoms with Crippen molar-refractivity contribution in [2.45, 2.75) is 140 Å². The summed E-state index contributed by atoms with van der Waals surface area (Å²) in [6.07, 6.45) is 4.46. The molecule has 0 bridgehead atoms. The molecule has 6 atom stereocenters. The monoisotopic (exact) mass is 848 g/mol. The molecule has 4 aliphatic rings. The van der Waals surface area contributed by atoms with Crippen molar-refractivity contribution in [1.82, 2.24) is 31.1 Å². The zero-order valence-corrected chi connectivity index (χ0v) is 36.6. The Hall–Kier alpha value is -5.92. The molecule has 2 aliphatic carbocycles. The lowest BCUT2D eigenvalue weighted by molar-refractivity contribution is -0.127. The van der Waals surface area contributed by atoms with Crippen LogP contribution in [-0.4, -0.2) is 94.1 Å². The van der Waals surface area contributed by atoms with Gasteiger partial charge in [-0.3, -0.25) is 29.0 Å². The highest BCUT2D eigenvalue weighted by Gasteiger charge is 2.44. The third-order valence-electron chi connectivity index (χ3n) is 11.9. The first-order valence-corrected chi connectivity index (χ1v) is 21.9. The second-order valence-corrected chi connectivity index (χ2v) is 19.0. The summed E-state index contributed by atoms with van der Waals surface area (Å²) in [4.78, 5) is 84.4. The Kier molecular flexibility index (Phi) is 13.0. The lowest BCUT2D eigenvalue weighted by atomic mass is 9.87. The van der Waals surface area contributed by atoms with E-state index in [1.165, 1.54) is 45.2 Å². The summed E-state index contributed by atoms with van der Waals surface area (Å²) in [6.45, 7) is 10.7. The quantitative estimate of drug-likeness (QED) is 0.205. The van der Waals surface area contributed by atoms with Crippen molar-refractivity contribution in [2.75, 3.05) is 13.1 Å². The van der Waals surface area contributed by atoms with E-state index in [0.717, 1.165) is 49.7 Å². The van der Waals surface area contributed by atoms with Crippen LogP contribution in [0.4, 0.5) is 9.59 Å². The molecule has 6 amide bonds. The van der Waals surface area contributed by atoms with Crippen molar-refractivity contribution in [1.29, 1.82) is 0 Å². The molecular weight excluding hydrogens is 789 g/mol. The number of benzene rings is 3. The van der Waals surface area contributed by atoms with Crippen molar-refractivity contribution < 1.29 is 38.2 Å². The molecule has 2 saturated heterocycles. The molecule has 0 aromatic heterocycles. The molecule has 0 spiro atoms. The Morgan fingerprint density at radius 3 is 1.27 bits per heavy atom. The van der Waals surface area contributed by atoms with Gasteiger partial charge in [0.15, 0.2) is 0 Å². The molecule has 2 aliphatic heterocycles. The van der Waals surface area contributed by atoms with Crippen LogP contribution in [-0.2, 0) is 31.9 Å².